The number of amides is 1. The molecule has 3 unspecified atom stereocenters. The number of ether oxygens (including phenoxy) is 4. The number of carbonyl (C=O) groups excluding carboxylic acids is 3. The predicted molar refractivity (Wildman–Crippen MR) is 120 cm³/mol. The number of hydrogen-bond donors (Lipinski definition) is 1. The van der Waals surface area contributed by atoms with Gasteiger partial charge in [-0.1, -0.05) is 6.92 Å². The van der Waals surface area contributed by atoms with Crippen LogP contribution in [0.25, 0.3) is 0 Å². The van der Waals surface area contributed by atoms with Crippen LogP contribution in [0.2, 0.25) is 0 Å². The summed E-state index contributed by atoms with van der Waals surface area (Å²) in [4.78, 5) is 51.6. The lowest BCUT2D eigenvalue weighted by atomic mass is 10.1. The molecule has 0 aliphatic carbocycles. The molecule has 1 fully saturated rings. The van der Waals surface area contributed by atoms with Crippen molar-refractivity contribution in [3.8, 4) is 0 Å². The molecule has 1 aromatic rings. The molecule has 1 N–H and O–H groups in total. The van der Waals surface area contributed by atoms with Crippen LogP contribution < -0.4 is 11.0 Å². The summed E-state index contributed by atoms with van der Waals surface area (Å²) in [5.74, 6) is -1.18. The molecule has 31 heavy (non-hydrogen) atoms. The van der Waals surface area contributed by atoms with Crippen LogP contribution in [0.15, 0.2) is 11.0 Å². The molecule has 13 heteroatoms. The number of halogens is 1. The molecule has 1 amide bonds. The lowest BCUT2D eigenvalue weighted by Gasteiger charge is -2.23. The average molecular weight is 569 g/mol. The molecule has 2 rings (SSSR count). The highest BCUT2D eigenvalue weighted by molar-refractivity contribution is 14.1. The molecule has 172 valence electrons. The molecule has 5 atom stereocenters. The maximum absolute atomic E-state index is 12.7. The van der Waals surface area contributed by atoms with Crippen LogP contribution in [0.5, 0.6) is 0 Å². The molecule has 0 spiro atoms. The normalized spacial score (nSPS) is 23.7. The lowest BCUT2D eigenvalue weighted by molar-refractivity contribution is -0.165. The second-order valence-corrected chi connectivity index (χ2v) is 9.22. The van der Waals surface area contributed by atoms with Crippen LogP contribution in [0.3, 0.4) is 0 Å². The standard InChI is InChI=1S/C18H24IN3O8S/c1-8(31-5)7-27-18(26)21-15-12(19)6-22(17(25)20-15)16-14(30-11(4)24)13(9(2)28-16)29-10(3)23/h6,8-9,13-14,16H,7H2,1-5H3,(H,20,21,25,26)/t8?,9-,13?,14?,16-/m1/s1. The van der Waals surface area contributed by atoms with Crippen molar-refractivity contribution in [1.29, 1.82) is 0 Å². The van der Waals surface area contributed by atoms with Crippen LogP contribution in [0.4, 0.5) is 10.6 Å². The van der Waals surface area contributed by atoms with E-state index in [0.717, 1.165) is 4.57 Å². The van der Waals surface area contributed by atoms with Crippen LogP contribution in [-0.2, 0) is 28.5 Å². The molecule has 0 aromatic carbocycles. The zero-order chi connectivity index (χ0) is 23.3. The number of rotatable bonds is 7. The average Bonchev–Trinajstić information content (AvgIpc) is 2.96. The number of nitrogens with zero attached hydrogens (tertiary/aromatic N) is 2. The fourth-order valence-electron chi connectivity index (χ4n) is 2.81. The Hall–Kier alpha value is -1.87. The van der Waals surface area contributed by atoms with E-state index in [0.29, 0.717) is 3.57 Å². The van der Waals surface area contributed by atoms with Crippen molar-refractivity contribution in [3.63, 3.8) is 0 Å². The van der Waals surface area contributed by atoms with Crippen LogP contribution >= 0.6 is 34.4 Å². The van der Waals surface area contributed by atoms with Crippen molar-refractivity contribution < 1.29 is 33.3 Å². The zero-order valence-electron chi connectivity index (χ0n) is 17.6. The van der Waals surface area contributed by atoms with Crippen LogP contribution in [-0.4, -0.2) is 64.0 Å². The van der Waals surface area contributed by atoms with E-state index in [4.69, 9.17) is 18.9 Å². The minimum atomic E-state index is -1.07. The van der Waals surface area contributed by atoms with Gasteiger partial charge < -0.3 is 18.9 Å². The molecular formula is C18H24IN3O8S. The van der Waals surface area contributed by atoms with Crippen LogP contribution in [0, 0.1) is 3.57 Å². The van der Waals surface area contributed by atoms with Crippen molar-refractivity contribution in [1.82, 2.24) is 9.55 Å². The molecule has 1 saturated heterocycles. The number of thioether (sulfide) groups is 1. The van der Waals surface area contributed by atoms with E-state index < -0.39 is 48.3 Å². The van der Waals surface area contributed by atoms with E-state index in [1.165, 1.54) is 20.0 Å². The number of aromatic nitrogens is 2. The number of anilines is 1. The molecule has 2 heterocycles. The third-order valence-corrected chi connectivity index (χ3v) is 6.01. The van der Waals surface area contributed by atoms with E-state index in [9.17, 15) is 19.2 Å². The van der Waals surface area contributed by atoms with Gasteiger partial charge in [0.15, 0.2) is 24.3 Å². The highest BCUT2D eigenvalue weighted by Gasteiger charge is 2.48. The van der Waals surface area contributed by atoms with Gasteiger partial charge in [0.25, 0.3) is 0 Å². The third kappa shape index (κ3) is 6.80. The third-order valence-electron chi connectivity index (χ3n) is 4.28. The first kappa shape index (κ1) is 25.4. The highest BCUT2D eigenvalue weighted by Crippen LogP contribution is 2.33. The van der Waals surface area contributed by atoms with Crippen molar-refractivity contribution in [2.75, 3.05) is 18.2 Å². The maximum atomic E-state index is 12.7. The Morgan fingerprint density at radius 1 is 1.29 bits per heavy atom. The second kappa shape index (κ2) is 11.1. The fraction of sp³-hybridized carbons (Fsp3) is 0.611. The molecule has 11 nitrogen and oxygen atoms in total. The number of esters is 2. The Kier molecular flexibility index (Phi) is 9.12. The van der Waals surface area contributed by atoms with Gasteiger partial charge in [0.05, 0.1) is 9.67 Å². The van der Waals surface area contributed by atoms with Gasteiger partial charge in [-0.25, -0.2) is 9.59 Å². The largest absolute Gasteiger partial charge is 0.456 e. The van der Waals surface area contributed by atoms with Gasteiger partial charge in [-0.3, -0.25) is 19.5 Å². The smallest absolute Gasteiger partial charge is 0.412 e. The van der Waals surface area contributed by atoms with Crippen molar-refractivity contribution in [2.45, 2.75) is 57.5 Å². The minimum absolute atomic E-state index is 0.0234. The highest BCUT2D eigenvalue weighted by atomic mass is 127. The Labute approximate surface area is 196 Å². The summed E-state index contributed by atoms with van der Waals surface area (Å²) in [7, 11) is 0. The van der Waals surface area contributed by atoms with E-state index in [2.05, 4.69) is 10.3 Å². The van der Waals surface area contributed by atoms with Crippen molar-refractivity contribution >= 4 is 58.2 Å². The summed E-state index contributed by atoms with van der Waals surface area (Å²) in [6.07, 6.45) is -1.10. The van der Waals surface area contributed by atoms with Crippen molar-refractivity contribution in [2.24, 2.45) is 0 Å². The minimum Gasteiger partial charge on any atom is -0.456 e. The van der Waals surface area contributed by atoms with E-state index in [1.807, 2.05) is 35.8 Å². The maximum Gasteiger partial charge on any atom is 0.412 e. The second-order valence-electron chi connectivity index (χ2n) is 6.78. The van der Waals surface area contributed by atoms with Crippen LogP contribution in [0.1, 0.15) is 33.9 Å². The monoisotopic (exact) mass is 569 g/mol. The lowest BCUT2D eigenvalue weighted by Crippen LogP contribution is -2.40. The van der Waals surface area contributed by atoms with Gasteiger partial charge in [0, 0.05) is 25.3 Å². The molecule has 1 aliphatic heterocycles. The molecule has 0 saturated carbocycles. The molecule has 1 aliphatic rings. The SMILES string of the molecule is CSC(C)COC(=O)Nc1nc(=O)n([C@@H]2O[C@H](C)C(OC(C)=O)C2OC(C)=O)cc1I. The van der Waals surface area contributed by atoms with Gasteiger partial charge >= 0.3 is 23.7 Å². The molecule has 0 radical (unpaired) electrons. The number of nitrogens with one attached hydrogen (secondary N) is 1. The summed E-state index contributed by atoms with van der Waals surface area (Å²) in [6, 6.07) is 0. The number of carbonyl (C=O) groups is 3. The molecular weight excluding hydrogens is 545 g/mol. The Morgan fingerprint density at radius 2 is 1.90 bits per heavy atom. The van der Waals surface area contributed by atoms with E-state index >= 15 is 0 Å². The topological polar surface area (TPSA) is 135 Å². The van der Waals surface area contributed by atoms with E-state index in [-0.39, 0.29) is 17.7 Å². The van der Waals surface area contributed by atoms with Crippen molar-refractivity contribution in [3.05, 3.63) is 20.3 Å². The number of hydrogen-bond acceptors (Lipinski definition) is 10. The summed E-state index contributed by atoms with van der Waals surface area (Å²) >= 11 is 3.44. The molecule has 1 aromatic heterocycles. The quantitative estimate of drug-likeness (QED) is 0.295. The fourth-order valence-corrected chi connectivity index (χ4v) is 3.57. The first-order valence-corrected chi connectivity index (χ1v) is 11.6. The summed E-state index contributed by atoms with van der Waals surface area (Å²) < 4.78 is 22.9. The Bertz CT molecular complexity index is 895. The Balaban J connectivity index is 2.26. The van der Waals surface area contributed by atoms with E-state index in [1.54, 1.807) is 18.7 Å². The van der Waals surface area contributed by atoms with Gasteiger partial charge in [-0.05, 0) is 35.8 Å². The Morgan fingerprint density at radius 3 is 2.48 bits per heavy atom. The van der Waals surface area contributed by atoms with Gasteiger partial charge in [0.1, 0.15) is 6.61 Å². The zero-order valence-corrected chi connectivity index (χ0v) is 20.6. The predicted octanol–water partition coefficient (Wildman–Crippen LogP) is 1.93. The molecule has 0 bridgehead atoms. The summed E-state index contributed by atoms with van der Waals surface area (Å²) in [6.45, 7) is 6.17. The van der Waals surface area contributed by atoms with Gasteiger partial charge in [-0.2, -0.15) is 16.7 Å². The van der Waals surface area contributed by atoms with Gasteiger partial charge in [0.2, 0.25) is 0 Å². The first-order chi connectivity index (χ1) is 14.5. The summed E-state index contributed by atoms with van der Waals surface area (Å²) in [5.41, 5.74) is -0.758. The summed E-state index contributed by atoms with van der Waals surface area (Å²) in [5, 5.41) is 2.56. The van der Waals surface area contributed by atoms with Gasteiger partial charge in [-0.15, -0.1) is 0 Å². The first-order valence-electron chi connectivity index (χ1n) is 9.28.